The number of aromatic nitrogens is 1. The van der Waals surface area contributed by atoms with Gasteiger partial charge in [-0.1, -0.05) is 66.3 Å². The second-order valence-corrected chi connectivity index (χ2v) is 10.1. The molecule has 1 atom stereocenters. The van der Waals surface area contributed by atoms with Crippen LogP contribution >= 0.6 is 0 Å². The Morgan fingerprint density at radius 3 is 2.27 bits per heavy atom. The van der Waals surface area contributed by atoms with Crippen LogP contribution in [0.2, 0.25) is 0 Å². The number of para-hydroxylation sites is 1. The van der Waals surface area contributed by atoms with Gasteiger partial charge in [-0.15, -0.1) is 0 Å². The minimum absolute atomic E-state index is 0.0305. The summed E-state index contributed by atoms with van der Waals surface area (Å²) in [5.74, 6) is 0. The molecule has 2 aromatic rings. The van der Waals surface area contributed by atoms with E-state index >= 15 is 0 Å². The van der Waals surface area contributed by atoms with E-state index < -0.39 is 0 Å². The molecule has 3 aliphatic rings. The predicted molar refractivity (Wildman–Crippen MR) is 126 cm³/mol. The van der Waals surface area contributed by atoms with Gasteiger partial charge in [0.1, 0.15) is 6.17 Å². The van der Waals surface area contributed by atoms with Gasteiger partial charge in [-0.2, -0.15) is 0 Å². The summed E-state index contributed by atoms with van der Waals surface area (Å²) < 4.78 is 0. The number of pyridine rings is 1. The lowest BCUT2D eigenvalue weighted by atomic mass is 9.58. The summed E-state index contributed by atoms with van der Waals surface area (Å²) in [5.41, 5.74) is 7.48. The molecule has 0 N–H and O–H groups in total. The summed E-state index contributed by atoms with van der Waals surface area (Å²) in [4.78, 5) is 10.1. The van der Waals surface area contributed by atoms with Gasteiger partial charge < -0.3 is 9.80 Å². The second-order valence-electron chi connectivity index (χ2n) is 10.1. The van der Waals surface area contributed by atoms with Gasteiger partial charge in [0.15, 0.2) is 0 Å². The molecule has 3 nitrogen and oxygen atoms in total. The van der Waals surface area contributed by atoms with Crippen molar-refractivity contribution >= 4 is 16.9 Å². The van der Waals surface area contributed by atoms with Crippen molar-refractivity contribution in [2.75, 3.05) is 9.80 Å². The third kappa shape index (κ3) is 2.04. The largest absolute Gasteiger partial charge is 0.324 e. The Bertz CT molecular complexity index is 1060. The summed E-state index contributed by atoms with van der Waals surface area (Å²) >= 11 is 0. The SMILES string of the molecule is C=C1c2ccnc3c2N2C(=CN(c4ccccc4)C2C1(CC)CC)C(C)(C)C3(C)C. The van der Waals surface area contributed by atoms with E-state index in [1.165, 1.54) is 33.9 Å². The quantitative estimate of drug-likeness (QED) is 0.570. The molecule has 4 heterocycles. The highest BCUT2D eigenvalue weighted by Gasteiger charge is 2.61. The van der Waals surface area contributed by atoms with Gasteiger partial charge in [-0.25, -0.2) is 0 Å². The average molecular weight is 400 g/mol. The number of rotatable bonds is 3. The van der Waals surface area contributed by atoms with Crippen LogP contribution in [-0.2, 0) is 5.41 Å². The first kappa shape index (κ1) is 19.4. The molecular weight excluding hydrogens is 366 g/mol. The Labute approximate surface area is 181 Å². The fourth-order valence-corrected chi connectivity index (χ4v) is 6.04. The molecule has 30 heavy (non-hydrogen) atoms. The lowest BCUT2D eigenvalue weighted by Crippen LogP contribution is -2.60. The molecule has 0 fully saturated rings. The molecule has 0 amide bonds. The Hall–Kier alpha value is -2.55. The fourth-order valence-electron chi connectivity index (χ4n) is 6.04. The molecule has 0 saturated carbocycles. The Kier molecular flexibility index (Phi) is 3.88. The van der Waals surface area contributed by atoms with Crippen LogP contribution in [0.5, 0.6) is 0 Å². The van der Waals surface area contributed by atoms with Crippen LogP contribution in [0.4, 0.5) is 11.4 Å². The number of hydrogen-bond acceptors (Lipinski definition) is 3. The maximum Gasteiger partial charge on any atom is 0.120 e. The van der Waals surface area contributed by atoms with Crippen molar-refractivity contribution in [3.05, 3.63) is 72.3 Å². The summed E-state index contributed by atoms with van der Waals surface area (Å²) in [7, 11) is 0. The van der Waals surface area contributed by atoms with E-state index in [1.54, 1.807) is 0 Å². The van der Waals surface area contributed by atoms with Gasteiger partial charge in [0.05, 0.1) is 11.4 Å². The van der Waals surface area contributed by atoms with Crippen LogP contribution in [-0.4, -0.2) is 11.1 Å². The van der Waals surface area contributed by atoms with E-state index in [1.807, 2.05) is 6.20 Å². The number of benzene rings is 1. The normalized spacial score (nSPS) is 24.5. The smallest absolute Gasteiger partial charge is 0.120 e. The standard InChI is InChI=1S/C27H33N3/c1-8-27(9-2)18(3)20-15-16-28-23-22(20)30-21(25(4,5)26(23,6)7)17-29(24(27)30)19-13-11-10-12-14-19/h10-17,24H,3,8-9H2,1-2,4-7H3. The van der Waals surface area contributed by atoms with E-state index in [4.69, 9.17) is 11.6 Å². The summed E-state index contributed by atoms with van der Waals surface area (Å²) in [6, 6.07) is 13.0. The molecule has 0 aliphatic carbocycles. The van der Waals surface area contributed by atoms with Crippen LogP contribution in [0.3, 0.4) is 0 Å². The van der Waals surface area contributed by atoms with Crippen molar-refractivity contribution < 1.29 is 0 Å². The highest BCUT2D eigenvalue weighted by Crippen LogP contribution is 2.65. The van der Waals surface area contributed by atoms with Gasteiger partial charge in [-0.05, 0) is 36.6 Å². The zero-order valence-electron chi connectivity index (χ0n) is 19.2. The van der Waals surface area contributed by atoms with Gasteiger partial charge >= 0.3 is 0 Å². The molecule has 1 aromatic heterocycles. The van der Waals surface area contributed by atoms with E-state index in [2.05, 4.69) is 93.9 Å². The highest BCUT2D eigenvalue weighted by molar-refractivity contribution is 5.90. The maximum atomic E-state index is 4.96. The van der Waals surface area contributed by atoms with E-state index in [0.29, 0.717) is 0 Å². The molecule has 3 aliphatic heterocycles. The Morgan fingerprint density at radius 1 is 0.967 bits per heavy atom. The summed E-state index contributed by atoms with van der Waals surface area (Å²) in [5, 5.41) is 0. The van der Waals surface area contributed by atoms with Crippen LogP contribution < -0.4 is 9.80 Å². The minimum atomic E-state index is -0.0867. The lowest BCUT2D eigenvalue weighted by molar-refractivity contribution is 0.209. The highest BCUT2D eigenvalue weighted by atomic mass is 15.4. The Morgan fingerprint density at radius 2 is 1.63 bits per heavy atom. The second kappa shape index (κ2) is 6.00. The van der Waals surface area contributed by atoms with Gasteiger partial charge in [0, 0.05) is 45.6 Å². The number of allylic oxidation sites excluding steroid dienone is 1. The molecule has 156 valence electrons. The lowest BCUT2D eigenvalue weighted by Gasteiger charge is -2.58. The van der Waals surface area contributed by atoms with Gasteiger partial charge in [-0.3, -0.25) is 4.98 Å². The zero-order valence-corrected chi connectivity index (χ0v) is 19.2. The summed E-state index contributed by atoms with van der Waals surface area (Å²) in [6.07, 6.45) is 6.69. The van der Waals surface area contributed by atoms with Crippen molar-refractivity contribution in [3.8, 4) is 0 Å². The van der Waals surface area contributed by atoms with Crippen LogP contribution in [0, 0.1) is 10.8 Å². The van der Waals surface area contributed by atoms with Crippen LogP contribution in [0.1, 0.15) is 65.6 Å². The number of hydrogen-bond donors (Lipinski definition) is 0. The first-order valence-corrected chi connectivity index (χ1v) is 11.3. The van der Waals surface area contributed by atoms with Crippen molar-refractivity contribution in [1.29, 1.82) is 0 Å². The first-order valence-electron chi connectivity index (χ1n) is 11.3. The van der Waals surface area contributed by atoms with Crippen molar-refractivity contribution in [3.63, 3.8) is 0 Å². The molecule has 0 radical (unpaired) electrons. The van der Waals surface area contributed by atoms with E-state index in [9.17, 15) is 0 Å². The third-order valence-electron chi connectivity index (χ3n) is 8.73. The molecule has 5 rings (SSSR count). The number of anilines is 2. The molecule has 3 heteroatoms. The van der Waals surface area contributed by atoms with Crippen LogP contribution in [0.25, 0.3) is 5.57 Å². The molecule has 0 bridgehead atoms. The molecular formula is C27H33N3. The minimum Gasteiger partial charge on any atom is -0.324 e. The molecule has 0 spiro atoms. The van der Waals surface area contributed by atoms with Crippen molar-refractivity contribution in [2.45, 2.75) is 66.0 Å². The Balaban J connectivity index is 1.89. The first-order chi connectivity index (χ1) is 14.2. The fraction of sp³-hybridized carbons (Fsp3) is 0.444. The van der Waals surface area contributed by atoms with Crippen LogP contribution in [0.15, 0.2) is 61.1 Å². The van der Waals surface area contributed by atoms with E-state index in [0.717, 1.165) is 12.8 Å². The predicted octanol–water partition coefficient (Wildman–Crippen LogP) is 6.73. The molecule has 1 aromatic carbocycles. The average Bonchev–Trinajstić information content (AvgIpc) is 3.16. The molecule has 1 unspecified atom stereocenters. The van der Waals surface area contributed by atoms with Gasteiger partial charge in [0.25, 0.3) is 0 Å². The topological polar surface area (TPSA) is 19.4 Å². The third-order valence-corrected chi connectivity index (χ3v) is 8.73. The van der Waals surface area contributed by atoms with Crippen molar-refractivity contribution in [1.82, 2.24) is 4.98 Å². The monoisotopic (exact) mass is 399 g/mol. The van der Waals surface area contributed by atoms with E-state index in [-0.39, 0.29) is 22.4 Å². The summed E-state index contributed by atoms with van der Waals surface area (Å²) in [6.45, 7) is 18.8. The molecule has 0 saturated heterocycles. The van der Waals surface area contributed by atoms with Gasteiger partial charge in [0.2, 0.25) is 0 Å². The van der Waals surface area contributed by atoms with Crippen molar-refractivity contribution in [2.24, 2.45) is 10.8 Å². The number of nitrogens with zero attached hydrogens (tertiary/aromatic N) is 3. The maximum absolute atomic E-state index is 4.96. The zero-order chi connectivity index (χ0) is 21.5.